The number of hydrogen-bond acceptors (Lipinski definition) is 4. The quantitative estimate of drug-likeness (QED) is 0.881. The Hall–Kier alpha value is -1.46. The predicted octanol–water partition coefficient (Wildman–Crippen LogP) is 3.30. The number of amides is 1. The van der Waals surface area contributed by atoms with Crippen molar-refractivity contribution in [3.63, 3.8) is 0 Å². The standard InChI is InChI=1S/C15H15NO2S2/c17-12(14-6-3-7-19-14)8-16-15(18)11-9-20-13-5-2-1-4-10(11)13/h3,6-7,9H,1-2,4-5,8H2,(H,16,18). The SMILES string of the molecule is O=C(CNC(=O)c1csc2c1CCCC2)c1cccs1. The molecule has 0 unspecified atom stereocenters. The molecule has 20 heavy (non-hydrogen) atoms. The van der Waals surface area contributed by atoms with Crippen molar-refractivity contribution in [2.75, 3.05) is 6.54 Å². The molecule has 1 N–H and O–H groups in total. The number of carbonyl (C=O) groups is 2. The first-order valence-corrected chi connectivity index (χ1v) is 8.46. The van der Waals surface area contributed by atoms with E-state index in [0.717, 1.165) is 24.8 Å². The van der Waals surface area contributed by atoms with Gasteiger partial charge in [-0.15, -0.1) is 22.7 Å². The average molecular weight is 305 g/mol. The molecular weight excluding hydrogens is 290 g/mol. The monoisotopic (exact) mass is 305 g/mol. The Labute approximate surface area is 125 Å². The second-order valence-corrected chi connectivity index (χ2v) is 6.75. The highest BCUT2D eigenvalue weighted by Gasteiger charge is 2.20. The van der Waals surface area contributed by atoms with Gasteiger partial charge in [0, 0.05) is 10.3 Å². The third-order valence-electron chi connectivity index (χ3n) is 3.51. The second-order valence-electron chi connectivity index (χ2n) is 4.84. The number of rotatable bonds is 4. The van der Waals surface area contributed by atoms with Gasteiger partial charge < -0.3 is 5.32 Å². The van der Waals surface area contributed by atoms with Crippen molar-refractivity contribution >= 4 is 34.4 Å². The first-order valence-electron chi connectivity index (χ1n) is 6.70. The highest BCUT2D eigenvalue weighted by atomic mass is 32.1. The molecule has 0 fully saturated rings. The summed E-state index contributed by atoms with van der Waals surface area (Å²) in [6.45, 7) is 0.0734. The summed E-state index contributed by atoms with van der Waals surface area (Å²) in [6, 6.07) is 3.63. The van der Waals surface area contributed by atoms with Gasteiger partial charge in [0.1, 0.15) is 0 Å². The Morgan fingerprint density at radius 1 is 1.20 bits per heavy atom. The summed E-state index contributed by atoms with van der Waals surface area (Å²) in [6.07, 6.45) is 4.44. The summed E-state index contributed by atoms with van der Waals surface area (Å²) < 4.78 is 0. The lowest BCUT2D eigenvalue weighted by atomic mass is 9.95. The second kappa shape index (κ2) is 5.89. The molecule has 0 atom stereocenters. The molecule has 0 saturated carbocycles. The molecule has 0 radical (unpaired) electrons. The van der Waals surface area contributed by atoms with Crippen molar-refractivity contribution < 1.29 is 9.59 Å². The van der Waals surface area contributed by atoms with Crippen LogP contribution in [-0.2, 0) is 12.8 Å². The van der Waals surface area contributed by atoms with E-state index in [4.69, 9.17) is 0 Å². The smallest absolute Gasteiger partial charge is 0.252 e. The van der Waals surface area contributed by atoms with Gasteiger partial charge in [-0.05, 0) is 42.7 Å². The molecule has 2 heterocycles. The molecule has 0 spiro atoms. The normalized spacial score (nSPS) is 13.8. The van der Waals surface area contributed by atoms with E-state index in [1.807, 2.05) is 16.8 Å². The summed E-state index contributed by atoms with van der Waals surface area (Å²) in [5.74, 6) is -0.147. The lowest BCUT2D eigenvalue weighted by molar-refractivity contribution is 0.0905. The van der Waals surface area contributed by atoms with E-state index in [0.29, 0.717) is 4.88 Å². The number of hydrogen-bond donors (Lipinski definition) is 1. The van der Waals surface area contributed by atoms with Crippen LogP contribution in [0.4, 0.5) is 0 Å². The van der Waals surface area contributed by atoms with E-state index in [1.54, 1.807) is 17.4 Å². The van der Waals surface area contributed by atoms with Crippen molar-refractivity contribution in [3.05, 3.63) is 43.8 Å². The Bertz CT molecular complexity index is 628. The maximum atomic E-state index is 12.2. The van der Waals surface area contributed by atoms with Crippen molar-refractivity contribution in [3.8, 4) is 0 Å². The number of aryl methyl sites for hydroxylation is 1. The van der Waals surface area contributed by atoms with Crippen LogP contribution in [-0.4, -0.2) is 18.2 Å². The van der Waals surface area contributed by atoms with E-state index in [9.17, 15) is 9.59 Å². The molecule has 3 rings (SSSR count). The zero-order valence-electron chi connectivity index (χ0n) is 11.0. The molecule has 1 amide bonds. The Balaban J connectivity index is 1.65. The largest absolute Gasteiger partial charge is 0.345 e. The van der Waals surface area contributed by atoms with Gasteiger partial charge in [0.2, 0.25) is 0 Å². The topological polar surface area (TPSA) is 46.2 Å². The maximum absolute atomic E-state index is 12.2. The summed E-state index contributed by atoms with van der Waals surface area (Å²) in [4.78, 5) is 26.1. The van der Waals surface area contributed by atoms with Crippen LogP contribution in [0.2, 0.25) is 0 Å². The first-order chi connectivity index (χ1) is 9.75. The molecule has 1 aliphatic rings. The highest BCUT2D eigenvalue weighted by Crippen LogP contribution is 2.30. The summed E-state index contributed by atoms with van der Waals surface area (Å²) in [5.41, 5.74) is 1.96. The van der Waals surface area contributed by atoms with Crippen molar-refractivity contribution in [1.29, 1.82) is 0 Å². The van der Waals surface area contributed by atoms with Gasteiger partial charge >= 0.3 is 0 Å². The first kappa shape index (κ1) is 13.5. The van der Waals surface area contributed by atoms with E-state index >= 15 is 0 Å². The van der Waals surface area contributed by atoms with E-state index < -0.39 is 0 Å². The molecule has 3 nitrogen and oxygen atoms in total. The Morgan fingerprint density at radius 3 is 2.85 bits per heavy atom. The van der Waals surface area contributed by atoms with Gasteiger partial charge in [-0.25, -0.2) is 0 Å². The molecule has 104 valence electrons. The molecule has 0 bridgehead atoms. The average Bonchev–Trinajstić information content (AvgIpc) is 3.13. The Kier molecular flexibility index (Phi) is 3.98. The molecule has 0 aromatic carbocycles. The van der Waals surface area contributed by atoms with Gasteiger partial charge in [0.25, 0.3) is 5.91 Å². The number of carbonyl (C=O) groups excluding carboxylic acids is 2. The third kappa shape index (κ3) is 2.69. The number of Topliss-reactive ketones (excluding diaryl/α,β-unsaturated/α-hetero) is 1. The van der Waals surface area contributed by atoms with Gasteiger partial charge in [-0.3, -0.25) is 9.59 Å². The number of ketones is 1. The zero-order chi connectivity index (χ0) is 13.9. The van der Waals surface area contributed by atoms with Crippen LogP contribution in [0.25, 0.3) is 0 Å². The van der Waals surface area contributed by atoms with Crippen LogP contribution in [0.1, 0.15) is 43.3 Å². The van der Waals surface area contributed by atoms with Gasteiger partial charge in [-0.2, -0.15) is 0 Å². The third-order valence-corrected chi connectivity index (χ3v) is 5.51. The van der Waals surface area contributed by atoms with Crippen LogP contribution in [0, 0.1) is 0 Å². The van der Waals surface area contributed by atoms with E-state index in [-0.39, 0.29) is 18.2 Å². The van der Waals surface area contributed by atoms with Gasteiger partial charge in [0.15, 0.2) is 5.78 Å². The minimum absolute atomic E-state index is 0.0301. The lowest BCUT2D eigenvalue weighted by Gasteiger charge is -2.12. The molecule has 0 saturated heterocycles. The van der Waals surface area contributed by atoms with Gasteiger partial charge in [0.05, 0.1) is 17.0 Å². The maximum Gasteiger partial charge on any atom is 0.252 e. The molecule has 1 aliphatic carbocycles. The fourth-order valence-corrected chi connectivity index (χ4v) is 4.25. The van der Waals surface area contributed by atoms with Crippen LogP contribution in [0.5, 0.6) is 0 Å². The number of fused-ring (bicyclic) bond motifs is 1. The summed E-state index contributed by atoms with van der Waals surface area (Å²) in [7, 11) is 0. The van der Waals surface area contributed by atoms with Crippen molar-refractivity contribution in [2.45, 2.75) is 25.7 Å². The molecule has 5 heteroatoms. The zero-order valence-corrected chi connectivity index (χ0v) is 12.6. The molecule has 0 aliphatic heterocycles. The number of thiophene rings is 2. The van der Waals surface area contributed by atoms with Gasteiger partial charge in [-0.1, -0.05) is 6.07 Å². The van der Waals surface area contributed by atoms with Crippen molar-refractivity contribution in [2.24, 2.45) is 0 Å². The highest BCUT2D eigenvalue weighted by molar-refractivity contribution is 7.12. The number of nitrogens with one attached hydrogen (secondary N) is 1. The van der Waals surface area contributed by atoms with E-state index in [2.05, 4.69) is 5.32 Å². The Morgan fingerprint density at radius 2 is 2.05 bits per heavy atom. The molecular formula is C15H15NO2S2. The minimum Gasteiger partial charge on any atom is -0.345 e. The van der Waals surface area contributed by atoms with Crippen LogP contribution in [0.3, 0.4) is 0 Å². The van der Waals surface area contributed by atoms with E-state index in [1.165, 1.54) is 28.2 Å². The van der Waals surface area contributed by atoms with Crippen molar-refractivity contribution in [1.82, 2.24) is 5.32 Å². The van der Waals surface area contributed by atoms with Crippen LogP contribution in [0.15, 0.2) is 22.9 Å². The fraction of sp³-hybridized carbons (Fsp3) is 0.333. The molecule has 2 aromatic rings. The van der Waals surface area contributed by atoms with Crippen LogP contribution < -0.4 is 5.32 Å². The minimum atomic E-state index is -0.116. The fourth-order valence-electron chi connectivity index (χ4n) is 2.46. The molecule has 2 aromatic heterocycles. The summed E-state index contributed by atoms with van der Waals surface area (Å²) in [5, 5.41) is 6.54. The summed E-state index contributed by atoms with van der Waals surface area (Å²) >= 11 is 3.07. The van der Waals surface area contributed by atoms with Crippen LogP contribution >= 0.6 is 22.7 Å². The predicted molar refractivity (Wildman–Crippen MR) is 81.9 cm³/mol. The lowest BCUT2D eigenvalue weighted by Crippen LogP contribution is -2.29.